The Bertz CT molecular complexity index is 298. The van der Waals surface area contributed by atoms with Gasteiger partial charge in [0.15, 0.2) is 0 Å². The second kappa shape index (κ2) is 7.63. The number of carbonyl (C=O) groups is 2. The van der Waals surface area contributed by atoms with Crippen LogP contribution in [0.1, 0.15) is 19.8 Å². The molecule has 1 fully saturated rings. The molecule has 0 aromatic carbocycles. The van der Waals surface area contributed by atoms with Crippen LogP contribution in [0.25, 0.3) is 0 Å². The number of aliphatic carboxylic acids is 1. The number of thioether (sulfide) groups is 1. The van der Waals surface area contributed by atoms with E-state index >= 15 is 0 Å². The maximum atomic E-state index is 12.0. The molecule has 0 aromatic rings. The predicted octanol–water partition coefficient (Wildman–Crippen LogP) is 1.08. The fourth-order valence-corrected chi connectivity index (χ4v) is 3.00. The van der Waals surface area contributed by atoms with Crippen molar-refractivity contribution in [2.75, 3.05) is 31.8 Å². The highest BCUT2D eigenvalue weighted by Crippen LogP contribution is 2.24. The molecule has 1 saturated heterocycles. The van der Waals surface area contributed by atoms with Gasteiger partial charge in [-0.25, -0.2) is 4.79 Å². The lowest BCUT2D eigenvalue weighted by atomic mass is 9.91. The molecular formula is C12H21NO4S. The van der Waals surface area contributed by atoms with Gasteiger partial charge in [-0.05, 0) is 18.8 Å². The number of likely N-dealkylation sites (tertiary alicyclic amines) is 1. The quantitative estimate of drug-likeness (QED) is 0.735. The van der Waals surface area contributed by atoms with E-state index in [0.29, 0.717) is 18.9 Å². The normalized spacial score (nSPS) is 24.0. The molecule has 0 bridgehead atoms. The summed E-state index contributed by atoms with van der Waals surface area (Å²) in [6, 6.07) is -0.658. The van der Waals surface area contributed by atoms with Gasteiger partial charge in [-0.15, -0.1) is 11.8 Å². The van der Waals surface area contributed by atoms with Crippen molar-refractivity contribution < 1.29 is 19.4 Å². The Balaban J connectivity index is 2.50. The summed E-state index contributed by atoms with van der Waals surface area (Å²) in [6.07, 6.45) is 1.76. The molecule has 0 aromatic heterocycles. The van der Waals surface area contributed by atoms with Gasteiger partial charge >= 0.3 is 5.97 Å². The highest BCUT2D eigenvalue weighted by atomic mass is 32.2. The van der Waals surface area contributed by atoms with E-state index in [2.05, 4.69) is 0 Å². The Morgan fingerprint density at radius 1 is 1.50 bits per heavy atom. The van der Waals surface area contributed by atoms with E-state index in [0.717, 1.165) is 18.6 Å². The molecule has 1 amide bonds. The molecule has 0 spiro atoms. The summed E-state index contributed by atoms with van der Waals surface area (Å²) in [6.45, 7) is 3.07. The van der Waals surface area contributed by atoms with Crippen LogP contribution in [0.5, 0.6) is 0 Å². The Morgan fingerprint density at radius 2 is 2.22 bits per heavy atom. The number of ether oxygens (including phenoxy) is 1. The van der Waals surface area contributed by atoms with Crippen molar-refractivity contribution in [3.8, 4) is 0 Å². The molecule has 2 atom stereocenters. The van der Waals surface area contributed by atoms with Gasteiger partial charge in [-0.3, -0.25) is 4.79 Å². The van der Waals surface area contributed by atoms with Gasteiger partial charge in [0.1, 0.15) is 6.04 Å². The van der Waals surface area contributed by atoms with Crippen molar-refractivity contribution in [3.63, 3.8) is 0 Å². The number of carboxylic acids is 1. The maximum Gasteiger partial charge on any atom is 0.326 e. The topological polar surface area (TPSA) is 66.8 Å². The predicted molar refractivity (Wildman–Crippen MR) is 70.7 cm³/mol. The van der Waals surface area contributed by atoms with Gasteiger partial charge in [0.25, 0.3) is 0 Å². The molecule has 0 saturated carbocycles. The molecule has 1 N–H and O–H groups in total. The molecule has 0 aliphatic carbocycles. The van der Waals surface area contributed by atoms with Gasteiger partial charge < -0.3 is 14.7 Å². The van der Waals surface area contributed by atoms with E-state index in [1.165, 1.54) is 16.7 Å². The van der Waals surface area contributed by atoms with E-state index in [4.69, 9.17) is 4.74 Å². The van der Waals surface area contributed by atoms with Crippen molar-refractivity contribution in [1.82, 2.24) is 4.90 Å². The molecular weight excluding hydrogens is 254 g/mol. The zero-order chi connectivity index (χ0) is 13.5. The van der Waals surface area contributed by atoms with Crippen LogP contribution >= 0.6 is 11.8 Å². The molecule has 104 valence electrons. The van der Waals surface area contributed by atoms with E-state index in [-0.39, 0.29) is 11.8 Å². The lowest BCUT2D eigenvalue weighted by Gasteiger charge is -2.37. The molecule has 1 aliphatic rings. The highest BCUT2D eigenvalue weighted by Gasteiger charge is 2.36. The summed E-state index contributed by atoms with van der Waals surface area (Å²) in [5, 5.41) is 9.22. The zero-order valence-corrected chi connectivity index (χ0v) is 11.7. The summed E-state index contributed by atoms with van der Waals surface area (Å²) >= 11 is 1.49. The van der Waals surface area contributed by atoms with Gasteiger partial charge in [0, 0.05) is 19.4 Å². The minimum atomic E-state index is -0.891. The average molecular weight is 275 g/mol. The molecule has 5 nitrogen and oxygen atoms in total. The Hall–Kier alpha value is -0.750. The van der Waals surface area contributed by atoms with Crippen LogP contribution in [0.3, 0.4) is 0 Å². The molecule has 2 unspecified atom stereocenters. The largest absolute Gasteiger partial charge is 0.480 e. The van der Waals surface area contributed by atoms with Crippen molar-refractivity contribution in [3.05, 3.63) is 0 Å². The highest BCUT2D eigenvalue weighted by molar-refractivity contribution is 7.99. The number of carboxylic acid groups (broad SMARTS) is 1. The first-order valence-corrected chi connectivity index (χ1v) is 7.32. The first-order valence-electron chi connectivity index (χ1n) is 6.17. The van der Waals surface area contributed by atoms with Crippen molar-refractivity contribution in [2.24, 2.45) is 5.92 Å². The molecule has 6 heteroatoms. The van der Waals surface area contributed by atoms with E-state index in [1.54, 1.807) is 7.11 Å². The van der Waals surface area contributed by atoms with Gasteiger partial charge in [0.05, 0.1) is 12.4 Å². The lowest BCUT2D eigenvalue weighted by Crippen LogP contribution is -2.52. The number of hydrogen-bond acceptors (Lipinski definition) is 4. The number of methoxy groups -OCH3 is 1. The minimum Gasteiger partial charge on any atom is -0.480 e. The molecule has 18 heavy (non-hydrogen) atoms. The Morgan fingerprint density at radius 3 is 2.83 bits per heavy atom. The standard InChI is InChI=1S/C12H21NO4S/c1-9-4-3-5-13(11(9)12(15)16)10(14)8-18-7-6-17-2/h9,11H,3-8H2,1-2H3,(H,15,16). The zero-order valence-electron chi connectivity index (χ0n) is 10.9. The van der Waals surface area contributed by atoms with Crippen molar-refractivity contribution in [2.45, 2.75) is 25.8 Å². The van der Waals surface area contributed by atoms with Crippen LogP contribution < -0.4 is 0 Å². The van der Waals surface area contributed by atoms with Gasteiger partial charge in [-0.1, -0.05) is 6.92 Å². The molecule has 1 rings (SSSR count). The average Bonchev–Trinajstić information content (AvgIpc) is 2.33. The number of hydrogen-bond donors (Lipinski definition) is 1. The summed E-state index contributed by atoms with van der Waals surface area (Å²) < 4.78 is 4.91. The van der Waals surface area contributed by atoms with Crippen LogP contribution in [0.2, 0.25) is 0 Å². The summed E-state index contributed by atoms with van der Waals surface area (Å²) in [7, 11) is 1.62. The van der Waals surface area contributed by atoms with Gasteiger partial charge in [0.2, 0.25) is 5.91 Å². The third-order valence-electron chi connectivity index (χ3n) is 3.16. The number of piperidine rings is 1. The Labute approximate surface area is 112 Å². The number of carbonyl (C=O) groups excluding carboxylic acids is 1. The fraction of sp³-hybridized carbons (Fsp3) is 0.833. The van der Waals surface area contributed by atoms with Crippen LogP contribution in [0.15, 0.2) is 0 Å². The van der Waals surface area contributed by atoms with Crippen LogP contribution in [-0.4, -0.2) is 59.7 Å². The van der Waals surface area contributed by atoms with Crippen LogP contribution in [0.4, 0.5) is 0 Å². The third-order valence-corrected chi connectivity index (χ3v) is 4.07. The van der Waals surface area contributed by atoms with Crippen molar-refractivity contribution >= 4 is 23.6 Å². The van der Waals surface area contributed by atoms with Crippen molar-refractivity contribution in [1.29, 1.82) is 0 Å². The second-order valence-electron chi connectivity index (χ2n) is 4.54. The lowest BCUT2D eigenvalue weighted by molar-refractivity contribution is -0.153. The van der Waals surface area contributed by atoms with Crippen LogP contribution in [0, 0.1) is 5.92 Å². The molecule has 1 heterocycles. The first kappa shape index (κ1) is 15.3. The van der Waals surface area contributed by atoms with E-state index in [9.17, 15) is 14.7 Å². The molecule has 0 radical (unpaired) electrons. The number of rotatable bonds is 6. The summed E-state index contributed by atoms with van der Waals surface area (Å²) in [5.74, 6) is 0.153. The maximum absolute atomic E-state index is 12.0. The molecule has 1 aliphatic heterocycles. The van der Waals surface area contributed by atoms with E-state index in [1.807, 2.05) is 6.92 Å². The minimum absolute atomic E-state index is 0.0316. The number of nitrogens with zero attached hydrogens (tertiary/aromatic N) is 1. The Kier molecular flexibility index (Phi) is 6.49. The summed E-state index contributed by atoms with van der Waals surface area (Å²) in [5.41, 5.74) is 0. The summed E-state index contributed by atoms with van der Waals surface area (Å²) in [4.78, 5) is 24.8. The van der Waals surface area contributed by atoms with E-state index < -0.39 is 12.0 Å². The SMILES string of the molecule is COCCSCC(=O)N1CCCC(C)C1C(=O)O. The second-order valence-corrected chi connectivity index (χ2v) is 5.64. The van der Waals surface area contributed by atoms with Crippen LogP contribution in [-0.2, 0) is 14.3 Å². The smallest absolute Gasteiger partial charge is 0.326 e. The first-order chi connectivity index (χ1) is 8.57. The number of amides is 1. The monoisotopic (exact) mass is 275 g/mol. The van der Waals surface area contributed by atoms with Gasteiger partial charge in [-0.2, -0.15) is 0 Å². The third kappa shape index (κ3) is 4.17. The fourth-order valence-electron chi connectivity index (χ4n) is 2.23.